The van der Waals surface area contributed by atoms with Crippen LogP contribution in [-0.2, 0) is 4.79 Å². The fourth-order valence-electron chi connectivity index (χ4n) is 1.70. The smallest absolute Gasteiger partial charge is 0.405 e. The minimum atomic E-state index is -1.13. The molecule has 0 spiro atoms. The summed E-state index contributed by atoms with van der Waals surface area (Å²) in [5.41, 5.74) is 0. The normalized spacial score (nSPS) is 22.6. The molecule has 1 heterocycles. The lowest BCUT2D eigenvalue weighted by Crippen LogP contribution is -2.53. The molecule has 5 heteroatoms. The van der Waals surface area contributed by atoms with Crippen molar-refractivity contribution in [2.24, 2.45) is 0 Å². The molecule has 1 saturated heterocycles. The van der Waals surface area contributed by atoms with Crippen molar-refractivity contribution in [3.63, 3.8) is 0 Å². The first-order valence-corrected chi connectivity index (χ1v) is 4.82. The SMILES string of the molecule is CC(C)N1CCC[C@H](NC(=O)O)C1=O. The van der Waals surface area contributed by atoms with Gasteiger partial charge in [0.05, 0.1) is 0 Å². The fourth-order valence-corrected chi connectivity index (χ4v) is 1.70. The summed E-state index contributed by atoms with van der Waals surface area (Å²) in [6, 6.07) is -0.412. The molecule has 0 aromatic heterocycles. The Morgan fingerprint density at radius 3 is 2.79 bits per heavy atom. The van der Waals surface area contributed by atoms with Crippen molar-refractivity contribution in [1.29, 1.82) is 0 Å². The Hall–Kier alpha value is -1.26. The van der Waals surface area contributed by atoms with Crippen LogP contribution < -0.4 is 5.32 Å². The number of hydrogen-bond donors (Lipinski definition) is 2. The van der Waals surface area contributed by atoms with Crippen molar-refractivity contribution in [3.05, 3.63) is 0 Å². The van der Waals surface area contributed by atoms with Crippen molar-refractivity contribution in [2.75, 3.05) is 6.54 Å². The summed E-state index contributed by atoms with van der Waals surface area (Å²) in [5.74, 6) is -0.103. The van der Waals surface area contributed by atoms with Gasteiger partial charge >= 0.3 is 6.09 Å². The second kappa shape index (κ2) is 4.30. The van der Waals surface area contributed by atoms with Crippen LogP contribution >= 0.6 is 0 Å². The van der Waals surface area contributed by atoms with Crippen molar-refractivity contribution in [3.8, 4) is 0 Å². The molecule has 0 aliphatic carbocycles. The fraction of sp³-hybridized carbons (Fsp3) is 0.778. The van der Waals surface area contributed by atoms with Crippen molar-refractivity contribution < 1.29 is 14.7 Å². The number of hydrogen-bond acceptors (Lipinski definition) is 2. The number of likely N-dealkylation sites (tertiary alicyclic amines) is 1. The summed E-state index contributed by atoms with van der Waals surface area (Å²) in [5, 5.41) is 10.8. The van der Waals surface area contributed by atoms with Crippen LogP contribution in [-0.4, -0.2) is 40.6 Å². The lowest BCUT2D eigenvalue weighted by Gasteiger charge is -2.34. The van der Waals surface area contributed by atoms with Gasteiger partial charge in [0.1, 0.15) is 6.04 Å². The van der Waals surface area contributed by atoms with E-state index >= 15 is 0 Å². The first-order chi connectivity index (χ1) is 6.52. The summed E-state index contributed by atoms with van der Waals surface area (Å²) in [7, 11) is 0. The lowest BCUT2D eigenvalue weighted by atomic mass is 10.0. The van der Waals surface area contributed by atoms with E-state index in [1.165, 1.54) is 0 Å². The average molecular weight is 200 g/mol. The quantitative estimate of drug-likeness (QED) is 0.687. The molecule has 14 heavy (non-hydrogen) atoms. The molecule has 0 bridgehead atoms. The Balaban J connectivity index is 2.61. The van der Waals surface area contributed by atoms with Crippen LogP contribution in [0, 0.1) is 0 Å². The van der Waals surface area contributed by atoms with Gasteiger partial charge in [-0.15, -0.1) is 0 Å². The van der Waals surface area contributed by atoms with Gasteiger partial charge in [-0.3, -0.25) is 4.79 Å². The van der Waals surface area contributed by atoms with Crippen molar-refractivity contribution in [2.45, 2.75) is 38.8 Å². The first kappa shape index (κ1) is 10.8. The zero-order valence-electron chi connectivity index (χ0n) is 8.49. The van der Waals surface area contributed by atoms with Crippen LogP contribution in [0.25, 0.3) is 0 Å². The van der Waals surface area contributed by atoms with Gasteiger partial charge in [-0.25, -0.2) is 4.79 Å². The molecule has 2 N–H and O–H groups in total. The van der Waals surface area contributed by atoms with E-state index in [4.69, 9.17) is 5.11 Å². The maximum absolute atomic E-state index is 11.7. The lowest BCUT2D eigenvalue weighted by molar-refractivity contribution is -0.137. The standard InChI is InChI=1S/C9H16N2O3/c1-6(2)11-5-3-4-7(8(11)12)10-9(13)14/h6-7,10H,3-5H2,1-2H3,(H,13,14)/t7-/m0/s1. The molecule has 1 atom stereocenters. The number of nitrogens with one attached hydrogen (secondary N) is 1. The van der Waals surface area contributed by atoms with E-state index < -0.39 is 12.1 Å². The molecule has 80 valence electrons. The Bertz CT molecular complexity index is 240. The van der Waals surface area contributed by atoms with Gasteiger partial charge in [0.25, 0.3) is 0 Å². The molecule has 0 radical (unpaired) electrons. The van der Waals surface area contributed by atoms with Crippen LogP contribution in [0.1, 0.15) is 26.7 Å². The van der Waals surface area contributed by atoms with Crippen LogP contribution in [0.15, 0.2) is 0 Å². The first-order valence-electron chi connectivity index (χ1n) is 4.82. The molecule has 0 aromatic carbocycles. The molecular formula is C9H16N2O3. The molecule has 0 saturated carbocycles. The number of piperidine rings is 1. The highest BCUT2D eigenvalue weighted by Crippen LogP contribution is 2.14. The van der Waals surface area contributed by atoms with Crippen molar-refractivity contribution in [1.82, 2.24) is 10.2 Å². The van der Waals surface area contributed by atoms with Gasteiger partial charge < -0.3 is 15.3 Å². The van der Waals surface area contributed by atoms with E-state index in [-0.39, 0.29) is 11.9 Å². The molecule has 1 fully saturated rings. The molecule has 1 rings (SSSR count). The Morgan fingerprint density at radius 1 is 1.64 bits per heavy atom. The molecular weight excluding hydrogens is 184 g/mol. The van der Waals surface area contributed by atoms with Crippen molar-refractivity contribution >= 4 is 12.0 Å². The molecule has 5 nitrogen and oxygen atoms in total. The zero-order valence-corrected chi connectivity index (χ0v) is 8.49. The van der Waals surface area contributed by atoms with Crippen LogP contribution in [0.2, 0.25) is 0 Å². The zero-order chi connectivity index (χ0) is 10.7. The van der Waals surface area contributed by atoms with Gasteiger partial charge in [-0.05, 0) is 26.7 Å². The van der Waals surface area contributed by atoms with Gasteiger partial charge in [0, 0.05) is 12.6 Å². The summed E-state index contributed by atoms with van der Waals surface area (Å²) in [6.45, 7) is 4.59. The third-order valence-electron chi connectivity index (χ3n) is 2.39. The largest absolute Gasteiger partial charge is 0.465 e. The highest BCUT2D eigenvalue weighted by atomic mass is 16.4. The predicted molar refractivity (Wildman–Crippen MR) is 51.0 cm³/mol. The minimum Gasteiger partial charge on any atom is -0.465 e. The predicted octanol–water partition coefficient (Wildman–Crippen LogP) is 0.653. The van der Waals surface area contributed by atoms with Gasteiger partial charge in [0.15, 0.2) is 0 Å². The van der Waals surface area contributed by atoms with E-state index in [0.717, 1.165) is 13.0 Å². The molecule has 0 unspecified atom stereocenters. The Labute approximate surface area is 83.1 Å². The van der Waals surface area contributed by atoms with E-state index in [2.05, 4.69) is 5.32 Å². The summed E-state index contributed by atoms with van der Waals surface area (Å²) < 4.78 is 0. The monoisotopic (exact) mass is 200 g/mol. The van der Waals surface area contributed by atoms with Crippen LogP contribution in [0.5, 0.6) is 0 Å². The van der Waals surface area contributed by atoms with Crippen LogP contribution in [0.4, 0.5) is 4.79 Å². The highest BCUT2D eigenvalue weighted by Gasteiger charge is 2.30. The third kappa shape index (κ3) is 2.37. The van der Waals surface area contributed by atoms with Crippen LogP contribution in [0.3, 0.4) is 0 Å². The Morgan fingerprint density at radius 2 is 2.29 bits per heavy atom. The summed E-state index contributed by atoms with van der Waals surface area (Å²) in [6.07, 6.45) is 0.331. The maximum Gasteiger partial charge on any atom is 0.405 e. The second-order valence-electron chi connectivity index (χ2n) is 3.77. The average Bonchev–Trinajstić information content (AvgIpc) is 2.07. The van der Waals surface area contributed by atoms with Gasteiger partial charge in [0.2, 0.25) is 5.91 Å². The highest BCUT2D eigenvalue weighted by molar-refractivity contribution is 5.86. The van der Waals surface area contributed by atoms with E-state index in [1.807, 2.05) is 13.8 Å². The molecule has 1 aliphatic heterocycles. The van der Waals surface area contributed by atoms with E-state index in [0.29, 0.717) is 6.42 Å². The molecule has 0 aromatic rings. The molecule has 1 aliphatic rings. The summed E-state index contributed by atoms with van der Waals surface area (Å²) in [4.78, 5) is 23.8. The number of carboxylic acid groups (broad SMARTS) is 1. The van der Waals surface area contributed by atoms with E-state index in [9.17, 15) is 9.59 Å². The van der Waals surface area contributed by atoms with Gasteiger partial charge in [-0.2, -0.15) is 0 Å². The number of rotatable bonds is 2. The minimum absolute atomic E-state index is 0.103. The topological polar surface area (TPSA) is 69.6 Å². The second-order valence-corrected chi connectivity index (χ2v) is 3.77. The summed E-state index contributed by atoms with van der Waals surface area (Å²) >= 11 is 0. The number of amides is 2. The van der Waals surface area contributed by atoms with E-state index in [1.54, 1.807) is 4.90 Å². The number of carbonyl (C=O) groups is 2. The molecule has 2 amide bonds. The number of carbonyl (C=O) groups excluding carboxylic acids is 1. The third-order valence-corrected chi connectivity index (χ3v) is 2.39. The number of nitrogens with zero attached hydrogens (tertiary/aromatic N) is 1. The van der Waals surface area contributed by atoms with Gasteiger partial charge in [-0.1, -0.05) is 0 Å². The maximum atomic E-state index is 11.7. The Kier molecular flexibility index (Phi) is 3.33.